The van der Waals surface area contributed by atoms with Gasteiger partial charge in [-0.25, -0.2) is 13.8 Å². The highest BCUT2D eigenvalue weighted by Gasteiger charge is 2.31. The number of thiazole rings is 1. The number of anilines is 1. The molecule has 0 radical (unpaired) electrons. The molecule has 0 aliphatic heterocycles. The van der Waals surface area contributed by atoms with Crippen LogP contribution in [0.15, 0.2) is 66.7 Å². The second-order valence-electron chi connectivity index (χ2n) is 8.05. The Morgan fingerprint density at radius 2 is 1.67 bits per heavy atom. The minimum absolute atomic E-state index is 0.0274. The number of nitrogens with one attached hydrogen (secondary N) is 2. The van der Waals surface area contributed by atoms with Crippen LogP contribution in [0.2, 0.25) is 0 Å². The van der Waals surface area contributed by atoms with Crippen molar-refractivity contribution >= 4 is 33.3 Å². The van der Waals surface area contributed by atoms with Crippen LogP contribution in [0.1, 0.15) is 21.5 Å². The van der Waals surface area contributed by atoms with Crippen LogP contribution in [0.5, 0.6) is 0 Å². The van der Waals surface area contributed by atoms with Gasteiger partial charge >= 0.3 is 6.18 Å². The largest absolute Gasteiger partial charge is 0.416 e. The number of aromatic nitrogens is 2. The molecule has 10 heteroatoms. The molecule has 0 spiro atoms. The van der Waals surface area contributed by atoms with Gasteiger partial charge < -0.3 is 4.98 Å². The van der Waals surface area contributed by atoms with E-state index in [1.165, 1.54) is 12.1 Å². The van der Waals surface area contributed by atoms with Gasteiger partial charge in [0.05, 0.1) is 16.1 Å². The number of amides is 1. The molecule has 0 aliphatic rings. The Labute approximate surface area is 205 Å². The van der Waals surface area contributed by atoms with E-state index in [4.69, 9.17) is 0 Å². The number of carbonyl (C=O) groups is 1. The monoisotopic (exact) mass is 513 g/mol. The molecule has 0 atom stereocenters. The predicted molar refractivity (Wildman–Crippen MR) is 129 cm³/mol. The number of nitrogens with zero attached hydrogens (tertiary/aromatic N) is 1. The summed E-state index contributed by atoms with van der Waals surface area (Å²) in [6, 6.07) is 15.2. The fraction of sp³-hybridized carbons (Fsp3) is 0.0769. The first-order valence-electron chi connectivity index (χ1n) is 10.6. The first-order chi connectivity index (χ1) is 17.1. The zero-order valence-corrected chi connectivity index (χ0v) is 19.3. The molecule has 0 saturated heterocycles. The lowest BCUT2D eigenvalue weighted by Crippen LogP contribution is -2.15. The van der Waals surface area contributed by atoms with Crippen molar-refractivity contribution in [3.05, 3.63) is 95.1 Å². The lowest BCUT2D eigenvalue weighted by molar-refractivity contribution is -0.137. The van der Waals surface area contributed by atoms with E-state index >= 15 is 0 Å². The number of halogens is 5. The van der Waals surface area contributed by atoms with E-state index in [9.17, 15) is 26.7 Å². The highest BCUT2D eigenvalue weighted by atomic mass is 32.1. The summed E-state index contributed by atoms with van der Waals surface area (Å²) in [6.07, 6.45) is -4.56. The lowest BCUT2D eigenvalue weighted by atomic mass is 10.1. The summed E-state index contributed by atoms with van der Waals surface area (Å²) in [5.74, 6) is -3.16. The number of carbonyl (C=O) groups excluding carboxylic acids is 1. The molecule has 5 aromatic rings. The average Bonchev–Trinajstić information content (AvgIpc) is 3.43. The van der Waals surface area contributed by atoms with Gasteiger partial charge in [0.1, 0.15) is 22.9 Å². The van der Waals surface area contributed by atoms with E-state index in [0.717, 1.165) is 58.1 Å². The minimum Gasteiger partial charge on any atom is -0.353 e. The van der Waals surface area contributed by atoms with Crippen molar-refractivity contribution in [1.82, 2.24) is 9.97 Å². The summed E-state index contributed by atoms with van der Waals surface area (Å²) in [4.78, 5) is 20.6. The molecule has 0 unspecified atom stereocenters. The lowest BCUT2D eigenvalue weighted by Gasteiger charge is -2.08. The molecule has 3 aromatic carbocycles. The first kappa shape index (κ1) is 23.7. The van der Waals surface area contributed by atoms with Crippen molar-refractivity contribution in [1.29, 1.82) is 0 Å². The van der Waals surface area contributed by atoms with Crippen LogP contribution in [-0.2, 0) is 6.18 Å². The van der Waals surface area contributed by atoms with Crippen LogP contribution in [0.25, 0.3) is 32.7 Å². The van der Waals surface area contributed by atoms with Crippen molar-refractivity contribution < 1.29 is 26.7 Å². The zero-order chi connectivity index (χ0) is 25.6. The molecular weight excluding hydrogens is 497 g/mol. The molecule has 1 amide bonds. The third-order valence-electron chi connectivity index (χ3n) is 5.63. The molecule has 36 heavy (non-hydrogen) atoms. The van der Waals surface area contributed by atoms with Crippen molar-refractivity contribution in [2.24, 2.45) is 0 Å². The minimum atomic E-state index is -4.56. The molecular formula is C26H16F5N3OS. The number of hydrogen-bond acceptors (Lipinski definition) is 3. The van der Waals surface area contributed by atoms with E-state index in [-0.39, 0.29) is 10.7 Å². The van der Waals surface area contributed by atoms with E-state index in [2.05, 4.69) is 15.3 Å². The Kier molecular flexibility index (Phi) is 5.83. The normalized spacial score (nSPS) is 11.7. The van der Waals surface area contributed by atoms with Gasteiger partial charge in [-0.3, -0.25) is 10.1 Å². The number of hydrogen-bond donors (Lipinski definition) is 2. The summed E-state index contributed by atoms with van der Waals surface area (Å²) in [7, 11) is 0. The van der Waals surface area contributed by atoms with E-state index in [1.807, 2.05) is 31.2 Å². The van der Waals surface area contributed by atoms with E-state index in [0.29, 0.717) is 16.3 Å². The zero-order valence-electron chi connectivity index (χ0n) is 18.5. The van der Waals surface area contributed by atoms with Gasteiger partial charge in [-0.1, -0.05) is 41.7 Å². The maximum absolute atomic E-state index is 14.1. The van der Waals surface area contributed by atoms with Crippen molar-refractivity contribution in [3.8, 4) is 21.8 Å². The molecule has 2 aromatic heterocycles. The third-order valence-corrected chi connectivity index (χ3v) is 6.65. The number of rotatable bonds is 4. The summed E-state index contributed by atoms with van der Waals surface area (Å²) in [6.45, 7) is 1.92. The fourth-order valence-corrected chi connectivity index (χ4v) is 4.87. The Morgan fingerprint density at radius 1 is 0.972 bits per heavy atom. The third kappa shape index (κ3) is 4.35. The maximum Gasteiger partial charge on any atom is 0.416 e. The Balaban J connectivity index is 1.64. The Bertz CT molecular complexity index is 1600. The van der Waals surface area contributed by atoms with Crippen molar-refractivity contribution in [2.75, 3.05) is 5.32 Å². The molecule has 182 valence electrons. The highest BCUT2D eigenvalue weighted by molar-refractivity contribution is 7.19. The molecule has 0 bridgehead atoms. The van der Waals surface area contributed by atoms with Crippen LogP contribution in [0.4, 0.5) is 27.1 Å². The molecule has 0 aliphatic carbocycles. The van der Waals surface area contributed by atoms with Gasteiger partial charge in [0.25, 0.3) is 5.91 Å². The first-order valence-corrected chi connectivity index (χ1v) is 11.5. The molecule has 0 saturated carbocycles. The van der Waals surface area contributed by atoms with Crippen molar-refractivity contribution in [3.63, 3.8) is 0 Å². The number of alkyl halides is 3. The van der Waals surface area contributed by atoms with Crippen LogP contribution >= 0.6 is 11.3 Å². The summed E-state index contributed by atoms with van der Waals surface area (Å²) in [5, 5.41) is 3.25. The number of aromatic amines is 1. The highest BCUT2D eigenvalue weighted by Crippen LogP contribution is 2.42. The topological polar surface area (TPSA) is 57.8 Å². The average molecular weight is 513 g/mol. The molecule has 2 heterocycles. The summed E-state index contributed by atoms with van der Waals surface area (Å²) >= 11 is 0.900. The van der Waals surface area contributed by atoms with Gasteiger partial charge in [0.15, 0.2) is 5.13 Å². The van der Waals surface area contributed by atoms with Crippen LogP contribution in [-0.4, -0.2) is 15.9 Å². The standard InChI is InChI=1S/C26H16F5N3OS/c1-13-5-2-10-19-16(13)12-20(32-19)22-23(14-6-3-7-15(11-14)26(29,30)31)36-25(33-22)34-24(35)21-17(27)8-4-9-18(21)28/h2-12,32H,1H3,(H,33,34,35). The number of fused-ring (bicyclic) bond motifs is 1. The molecule has 5 rings (SSSR count). The van der Waals surface area contributed by atoms with Gasteiger partial charge in [0, 0.05) is 10.9 Å². The molecule has 2 N–H and O–H groups in total. The van der Waals surface area contributed by atoms with E-state index in [1.54, 1.807) is 0 Å². The number of aryl methyl sites for hydroxylation is 1. The second kappa shape index (κ2) is 8.87. The van der Waals surface area contributed by atoms with Crippen LogP contribution < -0.4 is 5.32 Å². The number of benzene rings is 3. The summed E-state index contributed by atoms with van der Waals surface area (Å²) < 4.78 is 68.4. The summed E-state index contributed by atoms with van der Waals surface area (Å²) in [5.41, 5.74) is 1.19. The predicted octanol–water partition coefficient (Wildman–Crippen LogP) is 7.82. The second-order valence-corrected chi connectivity index (χ2v) is 9.04. The molecule has 4 nitrogen and oxygen atoms in total. The Hall–Kier alpha value is -4.05. The quantitative estimate of drug-likeness (QED) is 0.241. The van der Waals surface area contributed by atoms with Crippen LogP contribution in [0.3, 0.4) is 0 Å². The van der Waals surface area contributed by atoms with Gasteiger partial charge in [-0.2, -0.15) is 13.2 Å². The number of H-pyrrole nitrogens is 1. The molecule has 0 fully saturated rings. The van der Waals surface area contributed by atoms with Crippen LogP contribution in [0, 0.1) is 18.6 Å². The smallest absolute Gasteiger partial charge is 0.353 e. The van der Waals surface area contributed by atoms with Gasteiger partial charge in [-0.05, 0) is 54.4 Å². The van der Waals surface area contributed by atoms with Gasteiger partial charge in [0.2, 0.25) is 0 Å². The Morgan fingerprint density at radius 3 is 2.36 bits per heavy atom. The fourth-order valence-electron chi connectivity index (χ4n) is 3.90. The van der Waals surface area contributed by atoms with Gasteiger partial charge in [-0.15, -0.1) is 0 Å². The SMILES string of the molecule is Cc1cccc2[nH]c(-c3nc(NC(=O)c4c(F)cccc4F)sc3-c3cccc(C(F)(F)F)c3)cc12. The van der Waals surface area contributed by atoms with E-state index < -0.39 is 34.8 Å². The maximum atomic E-state index is 14.1. The van der Waals surface area contributed by atoms with Crippen molar-refractivity contribution in [2.45, 2.75) is 13.1 Å².